The molecule has 6 rings (SSSR count). The number of fused-ring (bicyclic) bond motifs is 4. The van der Waals surface area contributed by atoms with Crippen LogP contribution in [0.3, 0.4) is 0 Å². The Kier molecular flexibility index (Phi) is 4.33. The van der Waals surface area contributed by atoms with Crippen LogP contribution in [0.5, 0.6) is 0 Å². The molecule has 3 aromatic heterocycles. The third-order valence-electron chi connectivity index (χ3n) is 6.32. The highest BCUT2D eigenvalue weighted by Gasteiger charge is 2.24. The van der Waals surface area contributed by atoms with E-state index in [9.17, 15) is 4.79 Å². The van der Waals surface area contributed by atoms with Gasteiger partial charge in [-0.15, -0.1) is 0 Å². The Bertz CT molecular complexity index is 1560. The van der Waals surface area contributed by atoms with E-state index in [0.29, 0.717) is 34.6 Å². The number of nitrogens with zero attached hydrogens (tertiary/aromatic N) is 5. The summed E-state index contributed by atoms with van der Waals surface area (Å²) in [6.07, 6.45) is 2.03. The molecule has 160 valence electrons. The van der Waals surface area contributed by atoms with Gasteiger partial charge in [0.1, 0.15) is 16.7 Å². The highest BCUT2D eigenvalue weighted by Crippen LogP contribution is 2.30. The molecule has 4 heterocycles. The van der Waals surface area contributed by atoms with Crippen LogP contribution in [-0.2, 0) is 11.3 Å². The molecule has 7 heteroatoms. The summed E-state index contributed by atoms with van der Waals surface area (Å²) in [5.74, 6) is 0.667. The zero-order valence-corrected chi connectivity index (χ0v) is 18.1. The Morgan fingerprint density at radius 2 is 1.72 bits per heavy atom. The van der Waals surface area contributed by atoms with Crippen molar-refractivity contribution in [2.24, 2.45) is 0 Å². The van der Waals surface area contributed by atoms with Gasteiger partial charge in [0.25, 0.3) is 5.56 Å². The minimum Gasteiger partial charge on any atom is -0.376 e. The van der Waals surface area contributed by atoms with E-state index < -0.39 is 0 Å². The van der Waals surface area contributed by atoms with Crippen molar-refractivity contribution in [3.63, 3.8) is 0 Å². The van der Waals surface area contributed by atoms with Crippen LogP contribution in [0.4, 0.5) is 0 Å². The van der Waals surface area contributed by atoms with Crippen LogP contribution in [0.25, 0.3) is 38.9 Å². The Hall–Kier alpha value is -3.58. The average Bonchev–Trinajstić information content (AvgIpc) is 3.41. The second-order valence-corrected chi connectivity index (χ2v) is 8.41. The second-order valence-electron chi connectivity index (χ2n) is 8.41. The molecule has 0 saturated carbocycles. The van der Waals surface area contributed by atoms with Gasteiger partial charge in [-0.3, -0.25) is 13.9 Å². The molecule has 0 spiro atoms. The molecule has 2 aromatic carbocycles. The molecule has 5 aromatic rings. The van der Waals surface area contributed by atoms with Crippen molar-refractivity contribution in [1.82, 2.24) is 24.1 Å². The van der Waals surface area contributed by atoms with Crippen molar-refractivity contribution < 1.29 is 4.74 Å². The lowest BCUT2D eigenvalue weighted by molar-refractivity contribution is 0.0955. The van der Waals surface area contributed by atoms with E-state index >= 15 is 0 Å². The summed E-state index contributed by atoms with van der Waals surface area (Å²) in [6, 6.07) is 15.8. The average molecular weight is 425 g/mol. The quantitative estimate of drug-likeness (QED) is 0.435. The number of hydrogen-bond acceptors (Lipinski definition) is 5. The lowest BCUT2D eigenvalue weighted by Crippen LogP contribution is -2.29. The third kappa shape index (κ3) is 2.85. The zero-order valence-electron chi connectivity index (χ0n) is 18.1. The fraction of sp³-hybridized carbons (Fsp3) is 0.280. The van der Waals surface area contributed by atoms with E-state index in [4.69, 9.17) is 19.7 Å². The Morgan fingerprint density at radius 1 is 0.969 bits per heavy atom. The first-order valence-electron chi connectivity index (χ1n) is 11.0. The molecule has 0 amide bonds. The predicted molar refractivity (Wildman–Crippen MR) is 124 cm³/mol. The smallest absolute Gasteiger partial charge is 0.265 e. The predicted octanol–water partition coefficient (Wildman–Crippen LogP) is 4.08. The number of hydrogen-bond donors (Lipinski definition) is 0. The molecule has 0 N–H and O–H groups in total. The number of benzene rings is 2. The van der Waals surface area contributed by atoms with Crippen LogP contribution in [0.1, 0.15) is 24.2 Å². The van der Waals surface area contributed by atoms with Crippen LogP contribution < -0.4 is 5.56 Å². The number of aryl methyl sites for hydroxylation is 2. The summed E-state index contributed by atoms with van der Waals surface area (Å²) in [4.78, 5) is 28.5. The topological polar surface area (TPSA) is 74.8 Å². The van der Waals surface area contributed by atoms with Gasteiger partial charge in [-0.2, -0.15) is 0 Å². The van der Waals surface area contributed by atoms with Gasteiger partial charge in [-0.05, 0) is 50.5 Å². The Morgan fingerprint density at radius 3 is 2.47 bits per heavy atom. The largest absolute Gasteiger partial charge is 0.376 e. The molecule has 1 aliphatic rings. The third-order valence-corrected chi connectivity index (χ3v) is 6.32. The van der Waals surface area contributed by atoms with E-state index in [1.54, 1.807) is 4.57 Å². The molecule has 0 aliphatic carbocycles. The Balaban J connectivity index is 1.74. The molecule has 0 radical (unpaired) electrons. The highest BCUT2D eigenvalue weighted by atomic mass is 16.5. The van der Waals surface area contributed by atoms with E-state index in [-0.39, 0.29) is 11.7 Å². The number of rotatable bonds is 3. The summed E-state index contributed by atoms with van der Waals surface area (Å²) >= 11 is 0. The van der Waals surface area contributed by atoms with Crippen molar-refractivity contribution in [2.75, 3.05) is 6.61 Å². The van der Waals surface area contributed by atoms with Crippen molar-refractivity contribution >= 4 is 33.2 Å². The SMILES string of the molecule is Cc1ccccc1-n1c2nc3ccccc3nc2c2c(=O)n(CC3CCCO3)c(C)nc21. The van der Waals surface area contributed by atoms with Gasteiger partial charge < -0.3 is 4.74 Å². The lowest BCUT2D eigenvalue weighted by Gasteiger charge is -2.15. The molecular weight excluding hydrogens is 402 g/mol. The second kappa shape index (κ2) is 7.24. The summed E-state index contributed by atoms with van der Waals surface area (Å²) in [5.41, 5.74) is 5.29. The van der Waals surface area contributed by atoms with Gasteiger partial charge in [-0.25, -0.2) is 15.0 Å². The molecule has 1 fully saturated rings. The molecule has 1 unspecified atom stereocenters. The molecule has 7 nitrogen and oxygen atoms in total. The van der Waals surface area contributed by atoms with Crippen molar-refractivity contribution in [2.45, 2.75) is 39.3 Å². The first-order chi connectivity index (χ1) is 15.6. The maximum Gasteiger partial charge on any atom is 0.265 e. The van der Waals surface area contributed by atoms with Crippen LogP contribution in [0.15, 0.2) is 53.3 Å². The first kappa shape index (κ1) is 19.1. The van der Waals surface area contributed by atoms with Crippen molar-refractivity contribution in [1.29, 1.82) is 0 Å². The maximum atomic E-state index is 13.8. The molecule has 32 heavy (non-hydrogen) atoms. The molecular formula is C25H23N5O2. The maximum absolute atomic E-state index is 13.8. The first-order valence-corrected chi connectivity index (χ1v) is 11.0. The number of ether oxygens (including phenoxy) is 1. The fourth-order valence-electron chi connectivity index (χ4n) is 4.68. The van der Waals surface area contributed by atoms with Crippen LogP contribution >= 0.6 is 0 Å². The summed E-state index contributed by atoms with van der Waals surface area (Å²) in [6.45, 7) is 5.18. The van der Waals surface area contributed by atoms with Crippen molar-refractivity contribution in [3.8, 4) is 5.69 Å². The summed E-state index contributed by atoms with van der Waals surface area (Å²) in [5, 5.41) is 0.505. The highest BCUT2D eigenvalue weighted by molar-refractivity contribution is 6.06. The molecule has 0 bridgehead atoms. The van der Waals surface area contributed by atoms with Gasteiger partial charge in [-0.1, -0.05) is 30.3 Å². The molecule has 1 saturated heterocycles. The van der Waals surface area contributed by atoms with E-state index in [2.05, 4.69) is 0 Å². The minimum absolute atomic E-state index is 0.0438. The van der Waals surface area contributed by atoms with Gasteiger partial charge >= 0.3 is 0 Å². The van der Waals surface area contributed by atoms with E-state index in [0.717, 1.165) is 41.7 Å². The lowest BCUT2D eigenvalue weighted by atomic mass is 10.2. The van der Waals surface area contributed by atoms with Gasteiger partial charge in [0.2, 0.25) is 0 Å². The van der Waals surface area contributed by atoms with Crippen LogP contribution in [0, 0.1) is 13.8 Å². The standard InChI is InChI=1S/C25H23N5O2/c1-15-8-3-6-12-20(15)30-23-21(22-24(30)28-19-11-5-4-10-18(19)27-22)25(31)29(16(2)26-23)14-17-9-7-13-32-17/h3-6,8,10-12,17H,7,9,13-14H2,1-2H3. The number of aromatic nitrogens is 5. The van der Waals surface area contributed by atoms with Gasteiger partial charge in [0, 0.05) is 6.61 Å². The van der Waals surface area contributed by atoms with Crippen molar-refractivity contribution in [3.05, 3.63) is 70.3 Å². The number of para-hydroxylation sites is 3. The Labute approximate surface area is 184 Å². The normalized spacial score (nSPS) is 16.5. The zero-order chi connectivity index (χ0) is 21.8. The van der Waals surface area contributed by atoms with E-state index in [1.807, 2.05) is 66.9 Å². The minimum atomic E-state index is -0.0927. The van der Waals surface area contributed by atoms with Crippen LogP contribution in [-0.4, -0.2) is 36.8 Å². The summed E-state index contributed by atoms with van der Waals surface area (Å²) in [7, 11) is 0. The summed E-state index contributed by atoms with van der Waals surface area (Å²) < 4.78 is 9.50. The fourth-order valence-corrected chi connectivity index (χ4v) is 4.68. The van der Waals surface area contributed by atoms with E-state index in [1.165, 1.54) is 0 Å². The van der Waals surface area contributed by atoms with Gasteiger partial charge in [0.05, 0.1) is 29.4 Å². The molecule has 1 aliphatic heterocycles. The van der Waals surface area contributed by atoms with Crippen LogP contribution in [0.2, 0.25) is 0 Å². The molecule has 1 atom stereocenters. The van der Waals surface area contributed by atoms with Gasteiger partial charge in [0.15, 0.2) is 11.3 Å². The monoisotopic (exact) mass is 425 g/mol.